The number of hydrogen-bond donors (Lipinski definition) is 2. The van der Waals surface area contributed by atoms with E-state index >= 15 is 0 Å². The molecule has 1 aliphatic rings. The van der Waals surface area contributed by atoms with Gasteiger partial charge in [0, 0.05) is 38.8 Å². The van der Waals surface area contributed by atoms with Crippen molar-refractivity contribution in [1.82, 2.24) is 15.5 Å². The molecule has 0 saturated carbocycles. The molecule has 0 radical (unpaired) electrons. The van der Waals surface area contributed by atoms with Crippen LogP contribution in [0.3, 0.4) is 0 Å². The van der Waals surface area contributed by atoms with E-state index < -0.39 is 0 Å². The van der Waals surface area contributed by atoms with Crippen molar-refractivity contribution in [2.75, 3.05) is 27.3 Å². The molecule has 1 heterocycles. The van der Waals surface area contributed by atoms with Crippen LogP contribution in [0.5, 0.6) is 11.5 Å². The highest BCUT2D eigenvalue weighted by Crippen LogP contribution is 2.28. The molecular weight excluding hydrogens is 527 g/mol. The molecule has 0 spiro atoms. The van der Waals surface area contributed by atoms with Crippen LogP contribution in [0.25, 0.3) is 0 Å². The first-order valence-electron chi connectivity index (χ1n) is 11.1. The number of methoxy groups -OCH3 is 1. The Hall–Kier alpha value is -2.44. The van der Waals surface area contributed by atoms with Gasteiger partial charge in [-0.3, -0.25) is 9.89 Å². The van der Waals surface area contributed by atoms with Crippen LogP contribution in [-0.2, 0) is 13.1 Å². The zero-order valence-electron chi connectivity index (χ0n) is 19.7. The topological polar surface area (TPSA) is 58.1 Å². The Morgan fingerprint density at radius 3 is 2.64 bits per heavy atom. The van der Waals surface area contributed by atoms with Crippen LogP contribution in [0.2, 0.25) is 0 Å². The molecule has 2 unspecified atom stereocenters. The molecule has 2 atom stereocenters. The van der Waals surface area contributed by atoms with Gasteiger partial charge in [-0.15, -0.1) is 30.4 Å². The van der Waals surface area contributed by atoms with Crippen molar-refractivity contribution in [2.45, 2.75) is 44.9 Å². The fourth-order valence-corrected chi connectivity index (χ4v) is 4.04. The number of rotatable bonds is 8. The second-order valence-electron chi connectivity index (χ2n) is 8.07. The Bertz CT molecular complexity index is 930. The molecule has 1 aliphatic heterocycles. The number of aliphatic imine (C=N–C) groups is 1. The van der Waals surface area contributed by atoms with Gasteiger partial charge in [-0.05, 0) is 43.0 Å². The molecule has 1 saturated heterocycles. The van der Waals surface area contributed by atoms with Gasteiger partial charge in [0.25, 0.3) is 0 Å². The highest BCUT2D eigenvalue weighted by Gasteiger charge is 2.26. The average Bonchev–Trinajstić information content (AvgIpc) is 2.82. The maximum atomic E-state index is 5.60. The van der Waals surface area contributed by atoms with Gasteiger partial charge in [-0.2, -0.15) is 0 Å². The van der Waals surface area contributed by atoms with Crippen LogP contribution in [0.1, 0.15) is 30.9 Å². The molecule has 0 bridgehead atoms. The molecule has 0 amide bonds. The second kappa shape index (κ2) is 14.0. The lowest BCUT2D eigenvalue weighted by molar-refractivity contribution is 0.134. The Labute approximate surface area is 215 Å². The van der Waals surface area contributed by atoms with Crippen LogP contribution in [-0.4, -0.2) is 50.3 Å². The lowest BCUT2D eigenvalue weighted by Crippen LogP contribution is -2.51. The van der Waals surface area contributed by atoms with Crippen molar-refractivity contribution in [3.8, 4) is 23.8 Å². The first-order valence-corrected chi connectivity index (χ1v) is 11.1. The molecule has 33 heavy (non-hydrogen) atoms. The fourth-order valence-electron chi connectivity index (χ4n) is 4.04. The quantitative estimate of drug-likeness (QED) is 0.220. The smallest absolute Gasteiger partial charge is 0.191 e. The zero-order valence-corrected chi connectivity index (χ0v) is 22.0. The molecule has 2 N–H and O–H groups in total. The molecule has 0 aromatic heterocycles. The molecule has 6 nitrogen and oxygen atoms in total. The van der Waals surface area contributed by atoms with Crippen molar-refractivity contribution in [3.63, 3.8) is 0 Å². The molecule has 2 aromatic carbocycles. The van der Waals surface area contributed by atoms with Crippen molar-refractivity contribution < 1.29 is 9.47 Å². The number of piperidine rings is 1. The normalized spacial score (nSPS) is 18.5. The number of benzene rings is 2. The maximum Gasteiger partial charge on any atom is 0.191 e. The van der Waals surface area contributed by atoms with Crippen LogP contribution < -0.4 is 20.1 Å². The summed E-state index contributed by atoms with van der Waals surface area (Å²) in [6.45, 7) is 5.21. The second-order valence-corrected chi connectivity index (χ2v) is 8.07. The first kappa shape index (κ1) is 26.8. The Balaban J connectivity index is 0.00000385. The van der Waals surface area contributed by atoms with E-state index in [2.05, 4.69) is 63.7 Å². The van der Waals surface area contributed by atoms with E-state index in [1.54, 1.807) is 14.2 Å². The molecular formula is C26H35IN4O2. The van der Waals surface area contributed by atoms with Crippen molar-refractivity contribution in [2.24, 2.45) is 4.99 Å². The highest BCUT2D eigenvalue weighted by atomic mass is 127. The monoisotopic (exact) mass is 562 g/mol. The Morgan fingerprint density at radius 2 is 1.97 bits per heavy atom. The number of halogens is 1. The number of ether oxygens (including phenoxy) is 2. The van der Waals surface area contributed by atoms with Gasteiger partial charge in [0.2, 0.25) is 0 Å². The highest BCUT2D eigenvalue weighted by molar-refractivity contribution is 14.0. The lowest BCUT2D eigenvalue weighted by atomic mass is 9.97. The van der Waals surface area contributed by atoms with Crippen molar-refractivity contribution in [3.05, 3.63) is 59.7 Å². The molecule has 0 aliphatic carbocycles. The van der Waals surface area contributed by atoms with E-state index in [1.807, 2.05) is 18.2 Å². The summed E-state index contributed by atoms with van der Waals surface area (Å²) in [6, 6.07) is 17.4. The van der Waals surface area contributed by atoms with Gasteiger partial charge in [-0.25, -0.2) is 0 Å². The molecule has 178 valence electrons. The third-order valence-corrected chi connectivity index (χ3v) is 5.81. The Kier molecular flexibility index (Phi) is 11.3. The van der Waals surface area contributed by atoms with E-state index in [4.69, 9.17) is 15.9 Å². The minimum absolute atomic E-state index is 0. The molecule has 7 heteroatoms. The number of likely N-dealkylation sites (tertiary alicyclic amines) is 1. The minimum Gasteiger partial charge on any atom is -0.493 e. The van der Waals surface area contributed by atoms with Crippen molar-refractivity contribution >= 4 is 29.9 Å². The first-order chi connectivity index (χ1) is 15.6. The summed E-state index contributed by atoms with van der Waals surface area (Å²) in [5.74, 6) is 4.61. The van der Waals surface area contributed by atoms with Crippen LogP contribution >= 0.6 is 24.0 Å². The number of nitrogens with zero attached hydrogens (tertiary/aromatic N) is 2. The predicted molar refractivity (Wildman–Crippen MR) is 145 cm³/mol. The number of terminal acetylenes is 1. The summed E-state index contributed by atoms with van der Waals surface area (Å²) in [5.41, 5.74) is 2.43. The summed E-state index contributed by atoms with van der Waals surface area (Å²) >= 11 is 0. The van der Waals surface area contributed by atoms with Gasteiger partial charge in [0.15, 0.2) is 17.5 Å². The summed E-state index contributed by atoms with van der Waals surface area (Å²) in [7, 11) is 3.42. The Morgan fingerprint density at radius 1 is 1.18 bits per heavy atom. The van der Waals surface area contributed by atoms with E-state index in [1.165, 1.54) is 5.56 Å². The lowest BCUT2D eigenvalue weighted by Gasteiger charge is -2.38. The third kappa shape index (κ3) is 8.13. The molecule has 1 fully saturated rings. The zero-order chi connectivity index (χ0) is 22.8. The summed E-state index contributed by atoms with van der Waals surface area (Å²) in [4.78, 5) is 6.97. The van der Waals surface area contributed by atoms with Crippen LogP contribution in [0, 0.1) is 12.3 Å². The summed E-state index contributed by atoms with van der Waals surface area (Å²) in [6.07, 6.45) is 7.48. The standard InChI is InChI=1S/C26H34N4O2.HI/c1-5-15-32-25-17-22(11-12-24(25)31-4)18-28-26(27-3)29-23-13-14-30(20(2)16-23)19-21-9-7-6-8-10-21;/h1,6-12,17,20,23H,13-16,18-19H2,2-4H3,(H2,27,28,29);1H. The van der Waals surface area contributed by atoms with E-state index in [0.29, 0.717) is 30.1 Å². The fraction of sp³-hybridized carbons (Fsp3) is 0.423. The maximum absolute atomic E-state index is 5.60. The average molecular weight is 562 g/mol. The van der Waals surface area contributed by atoms with Crippen molar-refractivity contribution in [1.29, 1.82) is 0 Å². The SMILES string of the molecule is C#CCOc1cc(CNC(=NC)NC2CCN(Cc3ccccc3)C(C)C2)ccc1OC.I. The van der Waals surface area contributed by atoms with Gasteiger partial charge in [0.1, 0.15) is 6.61 Å². The number of guanidine groups is 1. The van der Waals surface area contributed by atoms with Gasteiger partial charge in [0.05, 0.1) is 7.11 Å². The third-order valence-electron chi connectivity index (χ3n) is 5.81. The molecule has 2 aromatic rings. The van der Waals surface area contributed by atoms with E-state index in [-0.39, 0.29) is 30.6 Å². The van der Waals surface area contributed by atoms with E-state index in [9.17, 15) is 0 Å². The predicted octanol–water partition coefficient (Wildman–Crippen LogP) is 4.04. The van der Waals surface area contributed by atoms with Crippen LogP contribution in [0.4, 0.5) is 0 Å². The van der Waals surface area contributed by atoms with Gasteiger partial charge < -0.3 is 20.1 Å². The minimum atomic E-state index is 0. The number of nitrogens with one attached hydrogen (secondary N) is 2. The summed E-state index contributed by atoms with van der Waals surface area (Å²) in [5, 5.41) is 7.00. The van der Waals surface area contributed by atoms with Gasteiger partial charge in [-0.1, -0.05) is 42.3 Å². The molecule has 3 rings (SSSR count). The number of hydrogen-bond acceptors (Lipinski definition) is 4. The van der Waals surface area contributed by atoms with Gasteiger partial charge >= 0.3 is 0 Å². The van der Waals surface area contributed by atoms with Crippen LogP contribution in [0.15, 0.2) is 53.5 Å². The van der Waals surface area contributed by atoms with E-state index in [0.717, 1.165) is 37.5 Å². The largest absolute Gasteiger partial charge is 0.493 e. The summed E-state index contributed by atoms with van der Waals surface area (Å²) < 4.78 is 10.9.